The molecule has 0 aliphatic heterocycles. The minimum atomic E-state index is -0.915. The smallest absolute Gasteiger partial charge is 0.336 e. The first-order chi connectivity index (χ1) is 14.3. The molecule has 0 aliphatic rings. The summed E-state index contributed by atoms with van der Waals surface area (Å²) >= 11 is 5.86. The number of fused-ring (bicyclic) bond motifs is 1. The molecule has 1 heterocycles. The van der Waals surface area contributed by atoms with E-state index in [4.69, 9.17) is 16.3 Å². The number of carbonyl (C=O) groups excluding carboxylic acids is 1. The van der Waals surface area contributed by atoms with Crippen molar-refractivity contribution in [2.75, 3.05) is 20.3 Å². The first-order valence-corrected chi connectivity index (χ1v) is 9.64. The molecular weight excluding hydrogens is 413 g/mol. The molecule has 3 rings (SSSR count). The van der Waals surface area contributed by atoms with E-state index in [-0.39, 0.29) is 22.6 Å². The summed E-state index contributed by atoms with van der Waals surface area (Å²) in [4.78, 5) is 39.1. The molecule has 30 heavy (non-hydrogen) atoms. The second-order valence-corrected chi connectivity index (χ2v) is 7.28. The van der Waals surface area contributed by atoms with Crippen molar-refractivity contribution in [3.05, 3.63) is 73.6 Å². The van der Waals surface area contributed by atoms with E-state index < -0.39 is 29.0 Å². The number of aryl methyl sites for hydroxylation is 1. The highest BCUT2D eigenvalue weighted by atomic mass is 35.5. The van der Waals surface area contributed by atoms with E-state index in [0.29, 0.717) is 12.1 Å². The van der Waals surface area contributed by atoms with Gasteiger partial charge in [-0.2, -0.15) is 0 Å². The number of benzene rings is 2. The van der Waals surface area contributed by atoms with Gasteiger partial charge in [0.05, 0.1) is 28.2 Å². The Labute approximate surface area is 176 Å². The van der Waals surface area contributed by atoms with E-state index in [2.05, 4.69) is 5.32 Å². The molecule has 0 aliphatic carbocycles. The van der Waals surface area contributed by atoms with Crippen molar-refractivity contribution in [2.45, 2.75) is 19.9 Å². The molecule has 0 saturated carbocycles. The Morgan fingerprint density at radius 3 is 2.63 bits per heavy atom. The summed E-state index contributed by atoms with van der Waals surface area (Å²) < 4.78 is 20.7. The Kier molecular flexibility index (Phi) is 6.38. The van der Waals surface area contributed by atoms with Gasteiger partial charge in [0.25, 0.3) is 5.56 Å². The van der Waals surface area contributed by atoms with Crippen LogP contribution in [0.25, 0.3) is 16.6 Å². The standard InChI is InChI=1S/C21H21ClFN3O4/c1-12-4-7-18-15(10-12)20(28)26(14-5-6-17(23)16(22)11-14)21(29)25(18)13(2)19(27)24-8-9-30-3/h4-7,10-11,13H,8-9H2,1-3H3,(H,24,27). The number of rotatable bonds is 6. The molecule has 0 fully saturated rings. The summed E-state index contributed by atoms with van der Waals surface area (Å²) in [5, 5.41) is 2.73. The maximum atomic E-state index is 13.6. The quantitative estimate of drug-likeness (QED) is 0.606. The van der Waals surface area contributed by atoms with Crippen molar-refractivity contribution >= 4 is 28.4 Å². The van der Waals surface area contributed by atoms with E-state index in [1.54, 1.807) is 25.1 Å². The maximum Gasteiger partial charge on any atom is 0.336 e. The highest BCUT2D eigenvalue weighted by Gasteiger charge is 2.23. The number of halogens is 2. The largest absolute Gasteiger partial charge is 0.383 e. The zero-order valence-corrected chi connectivity index (χ0v) is 17.5. The Morgan fingerprint density at radius 2 is 1.97 bits per heavy atom. The first-order valence-electron chi connectivity index (χ1n) is 9.26. The number of hydrogen-bond acceptors (Lipinski definition) is 4. The van der Waals surface area contributed by atoms with Gasteiger partial charge < -0.3 is 10.1 Å². The van der Waals surface area contributed by atoms with E-state index in [9.17, 15) is 18.8 Å². The van der Waals surface area contributed by atoms with E-state index in [1.807, 2.05) is 6.92 Å². The summed E-state index contributed by atoms with van der Waals surface area (Å²) in [6.07, 6.45) is 0. The van der Waals surface area contributed by atoms with Crippen LogP contribution in [-0.2, 0) is 9.53 Å². The zero-order valence-electron chi connectivity index (χ0n) is 16.7. The number of nitrogens with zero attached hydrogens (tertiary/aromatic N) is 2. The summed E-state index contributed by atoms with van der Waals surface area (Å²) in [6, 6.07) is 7.69. The Hall–Kier alpha value is -2.97. The van der Waals surface area contributed by atoms with Gasteiger partial charge in [0.2, 0.25) is 5.91 Å². The second kappa shape index (κ2) is 8.81. The SMILES string of the molecule is COCCNC(=O)C(C)n1c(=O)n(-c2ccc(F)c(Cl)c2)c(=O)c2cc(C)ccc21. The summed E-state index contributed by atoms with van der Waals surface area (Å²) in [5.41, 5.74) is -0.0567. The number of methoxy groups -OCH3 is 1. The monoisotopic (exact) mass is 433 g/mol. The van der Waals surface area contributed by atoms with E-state index >= 15 is 0 Å². The van der Waals surface area contributed by atoms with Gasteiger partial charge in [-0.1, -0.05) is 23.2 Å². The fourth-order valence-corrected chi connectivity index (χ4v) is 3.39. The third kappa shape index (κ3) is 4.01. The van der Waals surface area contributed by atoms with Gasteiger partial charge in [-0.25, -0.2) is 13.8 Å². The van der Waals surface area contributed by atoms with Crippen LogP contribution in [-0.4, -0.2) is 35.3 Å². The van der Waals surface area contributed by atoms with Gasteiger partial charge >= 0.3 is 5.69 Å². The van der Waals surface area contributed by atoms with Gasteiger partial charge in [-0.3, -0.25) is 14.2 Å². The van der Waals surface area contributed by atoms with Crippen molar-refractivity contribution in [1.29, 1.82) is 0 Å². The lowest BCUT2D eigenvalue weighted by Gasteiger charge is -2.20. The lowest BCUT2D eigenvalue weighted by molar-refractivity contribution is -0.124. The van der Waals surface area contributed by atoms with Gasteiger partial charge in [0.15, 0.2) is 0 Å². The molecule has 0 radical (unpaired) electrons. The molecule has 2 aromatic carbocycles. The topological polar surface area (TPSA) is 82.3 Å². The van der Waals surface area contributed by atoms with Crippen molar-refractivity contribution in [3.8, 4) is 5.69 Å². The van der Waals surface area contributed by atoms with Crippen molar-refractivity contribution in [1.82, 2.24) is 14.5 Å². The predicted octanol–water partition coefficient (Wildman–Crippen LogP) is 2.58. The molecule has 0 spiro atoms. The number of hydrogen-bond donors (Lipinski definition) is 1. The Bertz CT molecular complexity index is 1240. The molecular formula is C21H21ClFN3O4. The van der Waals surface area contributed by atoms with Gasteiger partial charge in [0.1, 0.15) is 11.9 Å². The van der Waals surface area contributed by atoms with Gasteiger partial charge in [-0.05, 0) is 44.2 Å². The van der Waals surface area contributed by atoms with Crippen molar-refractivity contribution in [3.63, 3.8) is 0 Å². The van der Waals surface area contributed by atoms with Crippen LogP contribution in [0.3, 0.4) is 0 Å². The van der Waals surface area contributed by atoms with Gasteiger partial charge in [0, 0.05) is 13.7 Å². The van der Waals surface area contributed by atoms with Crippen molar-refractivity contribution < 1.29 is 13.9 Å². The minimum Gasteiger partial charge on any atom is -0.383 e. The Balaban J connectivity index is 2.28. The first kappa shape index (κ1) is 21.7. The molecule has 1 aromatic heterocycles. The third-order valence-electron chi connectivity index (χ3n) is 4.78. The number of ether oxygens (including phenoxy) is 1. The van der Waals surface area contributed by atoms with Crippen LogP contribution < -0.4 is 16.6 Å². The highest BCUT2D eigenvalue weighted by Crippen LogP contribution is 2.20. The third-order valence-corrected chi connectivity index (χ3v) is 5.07. The maximum absolute atomic E-state index is 13.6. The average Bonchev–Trinajstić information content (AvgIpc) is 2.71. The fraction of sp³-hybridized carbons (Fsp3) is 0.286. The molecule has 1 N–H and O–H groups in total. The van der Waals surface area contributed by atoms with Gasteiger partial charge in [-0.15, -0.1) is 0 Å². The molecule has 158 valence electrons. The molecule has 7 nitrogen and oxygen atoms in total. The average molecular weight is 434 g/mol. The number of nitrogens with one attached hydrogen (secondary N) is 1. The van der Waals surface area contributed by atoms with E-state index in [0.717, 1.165) is 16.2 Å². The molecule has 1 amide bonds. The molecule has 0 saturated heterocycles. The van der Waals surface area contributed by atoms with Crippen LogP contribution in [0.2, 0.25) is 5.02 Å². The molecule has 0 bridgehead atoms. The van der Waals surface area contributed by atoms with E-state index in [1.165, 1.54) is 23.8 Å². The lowest BCUT2D eigenvalue weighted by atomic mass is 10.1. The van der Waals surface area contributed by atoms with Crippen molar-refractivity contribution in [2.24, 2.45) is 0 Å². The number of carbonyl (C=O) groups is 1. The number of amides is 1. The lowest BCUT2D eigenvalue weighted by Crippen LogP contribution is -2.44. The molecule has 3 aromatic rings. The highest BCUT2D eigenvalue weighted by molar-refractivity contribution is 6.30. The van der Waals surface area contributed by atoms with Crippen LogP contribution in [0.4, 0.5) is 4.39 Å². The number of aromatic nitrogens is 2. The van der Waals surface area contributed by atoms with Crippen LogP contribution in [0.15, 0.2) is 46.0 Å². The van der Waals surface area contributed by atoms with Crippen LogP contribution in [0.5, 0.6) is 0 Å². The second-order valence-electron chi connectivity index (χ2n) is 6.87. The fourth-order valence-electron chi connectivity index (χ4n) is 3.22. The Morgan fingerprint density at radius 1 is 1.23 bits per heavy atom. The molecule has 9 heteroatoms. The summed E-state index contributed by atoms with van der Waals surface area (Å²) in [6.45, 7) is 3.98. The van der Waals surface area contributed by atoms with Crippen LogP contribution in [0.1, 0.15) is 18.5 Å². The normalized spacial score (nSPS) is 12.2. The molecule has 1 unspecified atom stereocenters. The summed E-state index contributed by atoms with van der Waals surface area (Å²) in [5.74, 6) is -1.07. The predicted molar refractivity (Wildman–Crippen MR) is 113 cm³/mol. The summed E-state index contributed by atoms with van der Waals surface area (Å²) in [7, 11) is 1.51. The molecule has 1 atom stereocenters. The minimum absolute atomic E-state index is 0.112. The zero-order chi connectivity index (χ0) is 22.0. The van der Waals surface area contributed by atoms with Crippen LogP contribution in [0, 0.1) is 12.7 Å². The van der Waals surface area contributed by atoms with Crippen LogP contribution >= 0.6 is 11.6 Å².